The predicted octanol–water partition coefficient (Wildman–Crippen LogP) is 3.63. The number of pyridine rings is 1. The van der Waals surface area contributed by atoms with Gasteiger partial charge in [-0.25, -0.2) is 4.39 Å². The van der Waals surface area contributed by atoms with Crippen LogP contribution in [0, 0.1) is 5.82 Å². The SMILES string of the molecule is Fc1ccnc(-c2cc3ccccc3o2)c1. The molecule has 2 nitrogen and oxygen atoms in total. The highest BCUT2D eigenvalue weighted by Crippen LogP contribution is 2.26. The highest BCUT2D eigenvalue weighted by molar-refractivity contribution is 5.81. The number of hydrogen-bond acceptors (Lipinski definition) is 2. The van der Waals surface area contributed by atoms with Crippen molar-refractivity contribution in [1.29, 1.82) is 0 Å². The summed E-state index contributed by atoms with van der Waals surface area (Å²) in [4.78, 5) is 4.07. The van der Waals surface area contributed by atoms with Crippen molar-refractivity contribution in [1.82, 2.24) is 4.98 Å². The molecule has 0 saturated carbocycles. The number of halogens is 1. The number of benzene rings is 1. The number of hydrogen-bond donors (Lipinski definition) is 0. The molecule has 0 aliphatic rings. The molecule has 0 saturated heterocycles. The zero-order valence-electron chi connectivity index (χ0n) is 8.35. The maximum absolute atomic E-state index is 13.0. The molecule has 78 valence electrons. The number of aromatic nitrogens is 1. The van der Waals surface area contributed by atoms with Crippen LogP contribution in [0.25, 0.3) is 22.4 Å². The number of furan rings is 1. The fraction of sp³-hybridized carbons (Fsp3) is 0. The molecule has 0 amide bonds. The molecular formula is C13H8FNO. The minimum absolute atomic E-state index is 0.314. The first-order valence-corrected chi connectivity index (χ1v) is 4.93. The van der Waals surface area contributed by atoms with Gasteiger partial charge in [0.1, 0.15) is 17.1 Å². The maximum atomic E-state index is 13.0. The van der Waals surface area contributed by atoms with Crippen molar-refractivity contribution in [2.75, 3.05) is 0 Å². The van der Waals surface area contributed by atoms with E-state index in [-0.39, 0.29) is 5.82 Å². The van der Waals surface area contributed by atoms with Crippen molar-refractivity contribution >= 4 is 11.0 Å². The number of nitrogens with zero attached hydrogens (tertiary/aromatic N) is 1. The zero-order chi connectivity index (χ0) is 11.0. The summed E-state index contributed by atoms with van der Waals surface area (Å²) in [5, 5.41) is 0.989. The van der Waals surface area contributed by atoms with Crippen molar-refractivity contribution in [3.63, 3.8) is 0 Å². The molecule has 0 bridgehead atoms. The van der Waals surface area contributed by atoms with E-state index in [9.17, 15) is 4.39 Å². The Balaban J connectivity index is 2.19. The van der Waals surface area contributed by atoms with E-state index in [4.69, 9.17) is 4.42 Å². The van der Waals surface area contributed by atoms with Gasteiger partial charge in [0.05, 0.1) is 0 Å². The lowest BCUT2D eigenvalue weighted by molar-refractivity contribution is 0.613. The van der Waals surface area contributed by atoms with E-state index in [1.807, 2.05) is 30.3 Å². The van der Waals surface area contributed by atoms with Crippen LogP contribution in [0.5, 0.6) is 0 Å². The molecule has 0 aliphatic heterocycles. The second-order valence-electron chi connectivity index (χ2n) is 3.51. The Bertz CT molecular complexity index is 612. The van der Waals surface area contributed by atoms with E-state index >= 15 is 0 Å². The Morgan fingerprint density at radius 3 is 2.75 bits per heavy atom. The Hall–Kier alpha value is -2.16. The van der Waals surface area contributed by atoms with Crippen molar-refractivity contribution in [3.05, 3.63) is 54.5 Å². The molecule has 0 atom stereocenters. The monoisotopic (exact) mass is 213 g/mol. The smallest absolute Gasteiger partial charge is 0.153 e. The van der Waals surface area contributed by atoms with E-state index in [2.05, 4.69) is 4.98 Å². The van der Waals surface area contributed by atoms with Crippen molar-refractivity contribution in [2.45, 2.75) is 0 Å². The molecule has 3 heteroatoms. The first-order valence-electron chi connectivity index (χ1n) is 4.93. The number of para-hydroxylation sites is 1. The van der Waals surface area contributed by atoms with Gasteiger partial charge in [-0.3, -0.25) is 4.98 Å². The van der Waals surface area contributed by atoms with Gasteiger partial charge in [0.25, 0.3) is 0 Å². The van der Waals surface area contributed by atoms with Gasteiger partial charge < -0.3 is 4.42 Å². The minimum atomic E-state index is -0.314. The van der Waals surface area contributed by atoms with Gasteiger partial charge >= 0.3 is 0 Å². The van der Waals surface area contributed by atoms with Gasteiger partial charge in [-0.2, -0.15) is 0 Å². The van der Waals surface area contributed by atoms with E-state index < -0.39 is 0 Å². The molecule has 1 aromatic carbocycles. The lowest BCUT2D eigenvalue weighted by Gasteiger charge is -1.94. The Morgan fingerprint density at radius 1 is 1.06 bits per heavy atom. The summed E-state index contributed by atoms with van der Waals surface area (Å²) >= 11 is 0. The predicted molar refractivity (Wildman–Crippen MR) is 59.4 cm³/mol. The summed E-state index contributed by atoms with van der Waals surface area (Å²) in [6.07, 6.45) is 1.43. The van der Waals surface area contributed by atoms with Crippen LogP contribution in [0.4, 0.5) is 4.39 Å². The van der Waals surface area contributed by atoms with Gasteiger partial charge in [-0.1, -0.05) is 18.2 Å². The molecule has 0 N–H and O–H groups in total. The highest BCUT2D eigenvalue weighted by Gasteiger charge is 2.07. The van der Waals surface area contributed by atoms with Gasteiger partial charge in [-0.15, -0.1) is 0 Å². The van der Waals surface area contributed by atoms with Crippen molar-refractivity contribution in [2.24, 2.45) is 0 Å². The van der Waals surface area contributed by atoms with Crippen LogP contribution in [0.1, 0.15) is 0 Å². The summed E-state index contributed by atoms with van der Waals surface area (Å²) in [5.74, 6) is 0.270. The Labute approximate surface area is 91.3 Å². The third-order valence-electron chi connectivity index (χ3n) is 2.40. The molecule has 3 rings (SSSR count). The summed E-state index contributed by atoms with van der Waals surface area (Å²) in [6.45, 7) is 0. The van der Waals surface area contributed by atoms with Crippen LogP contribution in [-0.2, 0) is 0 Å². The molecule has 0 unspecified atom stereocenters. The normalized spacial score (nSPS) is 10.8. The average Bonchev–Trinajstić information content (AvgIpc) is 2.72. The molecule has 16 heavy (non-hydrogen) atoms. The Kier molecular flexibility index (Phi) is 1.96. The second-order valence-corrected chi connectivity index (χ2v) is 3.51. The van der Waals surface area contributed by atoms with Gasteiger partial charge in [-0.05, 0) is 18.2 Å². The molecule has 0 fully saturated rings. The van der Waals surface area contributed by atoms with Crippen LogP contribution in [-0.4, -0.2) is 4.98 Å². The van der Waals surface area contributed by atoms with E-state index in [1.165, 1.54) is 18.3 Å². The number of rotatable bonds is 1. The van der Waals surface area contributed by atoms with Crippen LogP contribution in [0.3, 0.4) is 0 Å². The van der Waals surface area contributed by atoms with Crippen molar-refractivity contribution < 1.29 is 8.81 Å². The quantitative estimate of drug-likeness (QED) is 0.616. The lowest BCUT2D eigenvalue weighted by Crippen LogP contribution is -1.81. The Morgan fingerprint density at radius 2 is 1.94 bits per heavy atom. The molecule has 2 heterocycles. The first kappa shape index (κ1) is 9.09. The molecule has 0 radical (unpaired) electrons. The van der Waals surface area contributed by atoms with Crippen LogP contribution in [0.2, 0.25) is 0 Å². The third kappa shape index (κ3) is 1.46. The van der Waals surface area contributed by atoms with E-state index in [1.54, 1.807) is 0 Å². The van der Waals surface area contributed by atoms with Gasteiger partial charge in [0.2, 0.25) is 0 Å². The fourth-order valence-corrected chi connectivity index (χ4v) is 1.65. The standard InChI is InChI=1S/C13H8FNO/c14-10-5-6-15-11(8-10)13-7-9-3-1-2-4-12(9)16-13/h1-8H. The van der Waals surface area contributed by atoms with Gasteiger partial charge in [0, 0.05) is 17.6 Å². The molecule has 3 aromatic rings. The van der Waals surface area contributed by atoms with Crippen molar-refractivity contribution in [3.8, 4) is 11.5 Å². The minimum Gasteiger partial charge on any atom is -0.454 e. The van der Waals surface area contributed by atoms with E-state index in [0.717, 1.165) is 11.0 Å². The number of fused-ring (bicyclic) bond motifs is 1. The molecule has 0 spiro atoms. The van der Waals surface area contributed by atoms with Crippen LogP contribution < -0.4 is 0 Å². The largest absolute Gasteiger partial charge is 0.454 e. The molecule has 0 aliphatic carbocycles. The zero-order valence-corrected chi connectivity index (χ0v) is 8.35. The third-order valence-corrected chi connectivity index (χ3v) is 2.40. The highest BCUT2D eigenvalue weighted by atomic mass is 19.1. The first-order chi connectivity index (χ1) is 7.83. The second kappa shape index (κ2) is 3.45. The summed E-state index contributed by atoms with van der Waals surface area (Å²) < 4.78 is 18.6. The summed E-state index contributed by atoms with van der Waals surface area (Å²) in [6, 6.07) is 12.2. The van der Waals surface area contributed by atoms with Gasteiger partial charge in [0.15, 0.2) is 5.76 Å². The topological polar surface area (TPSA) is 26.0 Å². The van der Waals surface area contributed by atoms with Crippen LogP contribution in [0.15, 0.2) is 53.1 Å². The molecular weight excluding hydrogens is 205 g/mol. The summed E-state index contributed by atoms with van der Waals surface area (Å²) in [5.41, 5.74) is 1.29. The molecule has 2 aromatic heterocycles. The van der Waals surface area contributed by atoms with E-state index in [0.29, 0.717) is 11.5 Å². The fourth-order valence-electron chi connectivity index (χ4n) is 1.65. The summed E-state index contributed by atoms with van der Waals surface area (Å²) in [7, 11) is 0. The van der Waals surface area contributed by atoms with Crippen LogP contribution >= 0.6 is 0 Å². The maximum Gasteiger partial charge on any atom is 0.153 e. The lowest BCUT2D eigenvalue weighted by atomic mass is 10.2. The average molecular weight is 213 g/mol.